The summed E-state index contributed by atoms with van der Waals surface area (Å²) in [7, 11) is 1.70. The molecule has 0 atom stereocenters. The number of ether oxygens (including phenoxy) is 1. The van der Waals surface area contributed by atoms with Crippen molar-refractivity contribution in [2.24, 2.45) is 0 Å². The summed E-state index contributed by atoms with van der Waals surface area (Å²) in [5.41, 5.74) is 2.33. The van der Waals surface area contributed by atoms with Gasteiger partial charge in [0.15, 0.2) is 0 Å². The monoisotopic (exact) mass is 345 g/mol. The highest BCUT2D eigenvalue weighted by atomic mass is 35.5. The van der Waals surface area contributed by atoms with Crippen molar-refractivity contribution in [3.8, 4) is 5.75 Å². The standard InChI is InChI=1S/C16H17Cl2NO.ClH/c1-20-16-5-3-2-4-13(16)8-9-19-11-12-6-7-14(17)15(18)10-12;/h2-7,10,19H,8-9,11H2,1H3;1H. The van der Waals surface area contributed by atoms with E-state index in [4.69, 9.17) is 27.9 Å². The number of para-hydroxylation sites is 1. The second-order valence-electron chi connectivity index (χ2n) is 4.49. The van der Waals surface area contributed by atoms with Crippen LogP contribution in [0, 0.1) is 0 Å². The van der Waals surface area contributed by atoms with Crippen LogP contribution >= 0.6 is 35.6 Å². The fraction of sp³-hybridized carbons (Fsp3) is 0.250. The van der Waals surface area contributed by atoms with E-state index >= 15 is 0 Å². The first kappa shape index (κ1) is 18.1. The zero-order valence-electron chi connectivity index (χ0n) is 11.7. The van der Waals surface area contributed by atoms with Gasteiger partial charge in [0.1, 0.15) is 5.75 Å². The Kier molecular flexibility index (Phi) is 7.91. The van der Waals surface area contributed by atoms with E-state index in [0.717, 1.165) is 30.8 Å². The maximum Gasteiger partial charge on any atom is 0.122 e. The van der Waals surface area contributed by atoms with Gasteiger partial charge in [0.2, 0.25) is 0 Å². The largest absolute Gasteiger partial charge is 0.496 e. The summed E-state index contributed by atoms with van der Waals surface area (Å²) in [5.74, 6) is 0.934. The molecule has 2 rings (SSSR count). The molecule has 0 aromatic heterocycles. The molecular weight excluding hydrogens is 329 g/mol. The topological polar surface area (TPSA) is 21.3 Å². The van der Waals surface area contributed by atoms with Crippen LogP contribution < -0.4 is 10.1 Å². The smallest absolute Gasteiger partial charge is 0.122 e. The molecule has 1 N–H and O–H groups in total. The van der Waals surface area contributed by atoms with Crippen LogP contribution in [0.1, 0.15) is 11.1 Å². The third kappa shape index (κ3) is 5.40. The van der Waals surface area contributed by atoms with Gasteiger partial charge in [0.05, 0.1) is 17.2 Å². The number of hydrogen-bond donors (Lipinski definition) is 1. The normalized spacial score (nSPS) is 10.0. The molecule has 0 unspecified atom stereocenters. The van der Waals surface area contributed by atoms with Crippen LogP contribution in [0.2, 0.25) is 10.0 Å². The number of rotatable bonds is 6. The molecule has 2 aromatic rings. The molecule has 2 nitrogen and oxygen atoms in total. The molecule has 0 aliphatic rings. The first-order chi connectivity index (χ1) is 9.70. The molecule has 114 valence electrons. The highest BCUT2D eigenvalue weighted by Gasteiger charge is 2.02. The van der Waals surface area contributed by atoms with E-state index in [9.17, 15) is 0 Å². The second kappa shape index (κ2) is 9.16. The zero-order valence-corrected chi connectivity index (χ0v) is 14.1. The van der Waals surface area contributed by atoms with Gasteiger partial charge in [-0.2, -0.15) is 0 Å². The quantitative estimate of drug-likeness (QED) is 0.762. The van der Waals surface area contributed by atoms with Gasteiger partial charge >= 0.3 is 0 Å². The summed E-state index contributed by atoms with van der Waals surface area (Å²) in [4.78, 5) is 0. The lowest BCUT2D eigenvalue weighted by Gasteiger charge is -2.09. The minimum Gasteiger partial charge on any atom is -0.496 e. The Bertz CT molecular complexity index is 575. The Labute approximate surface area is 141 Å². The van der Waals surface area contributed by atoms with E-state index in [-0.39, 0.29) is 12.4 Å². The predicted molar refractivity (Wildman–Crippen MR) is 92.1 cm³/mol. The SMILES string of the molecule is COc1ccccc1CCNCc1ccc(Cl)c(Cl)c1.Cl. The molecule has 0 fully saturated rings. The number of halogens is 3. The Hall–Kier alpha value is -0.930. The lowest BCUT2D eigenvalue weighted by Crippen LogP contribution is -2.16. The molecule has 0 saturated carbocycles. The van der Waals surface area contributed by atoms with Crippen LogP contribution in [-0.2, 0) is 13.0 Å². The maximum absolute atomic E-state index is 5.99. The van der Waals surface area contributed by atoms with E-state index in [1.807, 2.05) is 36.4 Å². The molecule has 0 amide bonds. The minimum absolute atomic E-state index is 0. The van der Waals surface area contributed by atoms with Crippen molar-refractivity contribution >= 4 is 35.6 Å². The van der Waals surface area contributed by atoms with Gasteiger partial charge in [0, 0.05) is 6.54 Å². The van der Waals surface area contributed by atoms with E-state index in [0.29, 0.717) is 10.0 Å². The van der Waals surface area contributed by atoms with Gasteiger partial charge in [-0.1, -0.05) is 47.5 Å². The first-order valence-electron chi connectivity index (χ1n) is 6.47. The maximum atomic E-state index is 5.99. The first-order valence-corrected chi connectivity index (χ1v) is 7.23. The summed E-state index contributed by atoms with van der Waals surface area (Å²) >= 11 is 11.9. The van der Waals surface area contributed by atoms with Gasteiger partial charge in [-0.05, 0) is 42.3 Å². The average molecular weight is 347 g/mol. The molecular formula is C16H18Cl3NO. The highest BCUT2D eigenvalue weighted by Crippen LogP contribution is 2.22. The van der Waals surface area contributed by atoms with Crippen LogP contribution in [-0.4, -0.2) is 13.7 Å². The third-order valence-electron chi connectivity index (χ3n) is 3.08. The molecule has 2 aromatic carbocycles. The number of nitrogens with one attached hydrogen (secondary N) is 1. The summed E-state index contributed by atoms with van der Waals surface area (Å²) in [6.45, 7) is 1.65. The van der Waals surface area contributed by atoms with Gasteiger partial charge in [-0.3, -0.25) is 0 Å². The van der Waals surface area contributed by atoms with E-state index < -0.39 is 0 Å². The minimum atomic E-state index is 0. The van der Waals surface area contributed by atoms with Crippen molar-refractivity contribution in [2.75, 3.05) is 13.7 Å². The van der Waals surface area contributed by atoms with Crippen LogP contribution in [0.15, 0.2) is 42.5 Å². The molecule has 0 heterocycles. The summed E-state index contributed by atoms with van der Waals surface area (Å²) in [6, 6.07) is 13.8. The van der Waals surface area contributed by atoms with Crippen LogP contribution in [0.4, 0.5) is 0 Å². The van der Waals surface area contributed by atoms with Crippen LogP contribution in [0.25, 0.3) is 0 Å². The van der Waals surface area contributed by atoms with Gasteiger partial charge in [0.25, 0.3) is 0 Å². The predicted octanol–water partition coefficient (Wildman–Crippen LogP) is 4.76. The molecule has 5 heteroatoms. The molecule has 0 saturated heterocycles. The lowest BCUT2D eigenvalue weighted by molar-refractivity contribution is 0.409. The Morgan fingerprint density at radius 3 is 2.52 bits per heavy atom. The molecule has 0 bridgehead atoms. The van der Waals surface area contributed by atoms with Crippen molar-refractivity contribution in [1.29, 1.82) is 0 Å². The van der Waals surface area contributed by atoms with Crippen LogP contribution in [0.3, 0.4) is 0 Å². The van der Waals surface area contributed by atoms with Crippen LogP contribution in [0.5, 0.6) is 5.75 Å². The lowest BCUT2D eigenvalue weighted by atomic mass is 10.1. The van der Waals surface area contributed by atoms with Crippen molar-refractivity contribution < 1.29 is 4.74 Å². The second-order valence-corrected chi connectivity index (χ2v) is 5.30. The summed E-state index contributed by atoms with van der Waals surface area (Å²) < 4.78 is 5.33. The van der Waals surface area contributed by atoms with Gasteiger partial charge in [-0.25, -0.2) is 0 Å². The molecule has 0 radical (unpaired) electrons. The Balaban J connectivity index is 0.00000220. The fourth-order valence-electron chi connectivity index (χ4n) is 2.01. The van der Waals surface area contributed by atoms with E-state index in [2.05, 4.69) is 11.4 Å². The van der Waals surface area contributed by atoms with Crippen molar-refractivity contribution in [1.82, 2.24) is 5.32 Å². The van der Waals surface area contributed by atoms with Gasteiger partial charge in [-0.15, -0.1) is 12.4 Å². The number of methoxy groups -OCH3 is 1. The average Bonchev–Trinajstić information content (AvgIpc) is 2.47. The molecule has 0 spiro atoms. The van der Waals surface area contributed by atoms with E-state index in [1.165, 1.54) is 5.56 Å². The number of hydrogen-bond acceptors (Lipinski definition) is 2. The van der Waals surface area contributed by atoms with Crippen molar-refractivity contribution in [3.63, 3.8) is 0 Å². The summed E-state index contributed by atoms with van der Waals surface area (Å²) in [5, 5.41) is 4.57. The highest BCUT2D eigenvalue weighted by molar-refractivity contribution is 6.42. The van der Waals surface area contributed by atoms with Crippen molar-refractivity contribution in [3.05, 3.63) is 63.6 Å². The summed E-state index contributed by atoms with van der Waals surface area (Å²) in [6.07, 6.45) is 0.922. The Morgan fingerprint density at radius 2 is 1.81 bits per heavy atom. The fourth-order valence-corrected chi connectivity index (χ4v) is 2.34. The number of benzene rings is 2. The zero-order chi connectivity index (χ0) is 14.4. The van der Waals surface area contributed by atoms with E-state index in [1.54, 1.807) is 7.11 Å². The third-order valence-corrected chi connectivity index (χ3v) is 3.82. The molecule has 0 aliphatic carbocycles. The molecule has 0 aliphatic heterocycles. The Morgan fingerprint density at radius 1 is 1.05 bits per heavy atom. The van der Waals surface area contributed by atoms with Crippen molar-refractivity contribution in [2.45, 2.75) is 13.0 Å². The molecule has 21 heavy (non-hydrogen) atoms. The van der Waals surface area contributed by atoms with Gasteiger partial charge < -0.3 is 10.1 Å².